The molecule has 3 heterocycles. The Morgan fingerprint density at radius 2 is 1.94 bits per heavy atom. The third-order valence-electron chi connectivity index (χ3n) is 5.24. The number of hydrogen-bond acceptors (Lipinski definition) is 7. The van der Waals surface area contributed by atoms with Gasteiger partial charge in [-0.05, 0) is 48.5 Å². The van der Waals surface area contributed by atoms with Crippen molar-refractivity contribution in [3.05, 3.63) is 85.2 Å². The van der Waals surface area contributed by atoms with E-state index in [1.54, 1.807) is 42.9 Å². The van der Waals surface area contributed by atoms with Gasteiger partial charge in [0.2, 0.25) is 10.0 Å². The van der Waals surface area contributed by atoms with Crippen LogP contribution in [-0.4, -0.2) is 49.5 Å². The molecule has 1 atom stereocenters. The molecule has 0 fully saturated rings. The summed E-state index contributed by atoms with van der Waals surface area (Å²) in [7, 11) is -2.11. The van der Waals surface area contributed by atoms with E-state index in [-0.39, 0.29) is 29.9 Å². The fraction of sp³-hybridized carbons (Fsp3) is 0.217. The van der Waals surface area contributed by atoms with E-state index in [2.05, 4.69) is 17.0 Å². The average molecular weight is 469 g/mol. The molecule has 9 nitrogen and oxygen atoms in total. The number of nitrogens with one attached hydrogen (secondary N) is 1. The quantitative estimate of drug-likeness (QED) is 0.482. The van der Waals surface area contributed by atoms with Gasteiger partial charge in [-0.25, -0.2) is 13.4 Å². The summed E-state index contributed by atoms with van der Waals surface area (Å²) in [6, 6.07) is 13.0. The number of anilines is 1. The van der Waals surface area contributed by atoms with Gasteiger partial charge in [0, 0.05) is 25.7 Å². The van der Waals surface area contributed by atoms with Crippen LogP contribution in [0, 0.1) is 0 Å². The highest BCUT2D eigenvalue weighted by Gasteiger charge is 2.35. The lowest BCUT2D eigenvalue weighted by Gasteiger charge is -2.20. The first-order valence-electron chi connectivity index (χ1n) is 10.3. The van der Waals surface area contributed by atoms with Crippen molar-refractivity contribution in [2.45, 2.75) is 17.4 Å². The molecule has 1 aromatic carbocycles. The third kappa shape index (κ3) is 4.76. The first-order chi connectivity index (χ1) is 15.9. The molecule has 0 aliphatic carbocycles. The topological polar surface area (TPSA) is 108 Å². The zero-order valence-electron chi connectivity index (χ0n) is 18.0. The van der Waals surface area contributed by atoms with Crippen LogP contribution in [0.25, 0.3) is 0 Å². The molecule has 0 spiro atoms. The van der Waals surface area contributed by atoms with E-state index in [1.165, 1.54) is 34.6 Å². The molecule has 0 saturated heterocycles. The Hall–Kier alpha value is -3.63. The summed E-state index contributed by atoms with van der Waals surface area (Å²) < 4.78 is 37.2. The number of furan rings is 2. The number of carbonyl (C=O) groups is 1. The van der Waals surface area contributed by atoms with E-state index in [1.807, 2.05) is 6.07 Å². The minimum Gasteiger partial charge on any atom is -0.467 e. The van der Waals surface area contributed by atoms with Crippen LogP contribution >= 0.6 is 0 Å². The predicted molar refractivity (Wildman–Crippen MR) is 123 cm³/mol. The summed E-state index contributed by atoms with van der Waals surface area (Å²) in [6.45, 7) is 3.74. The zero-order chi connectivity index (χ0) is 23.4. The molecule has 33 heavy (non-hydrogen) atoms. The second kappa shape index (κ2) is 9.47. The van der Waals surface area contributed by atoms with E-state index in [4.69, 9.17) is 8.83 Å². The summed E-state index contributed by atoms with van der Waals surface area (Å²) in [4.78, 5) is 13.2. The number of hydrazone groups is 1. The minimum absolute atomic E-state index is 0.0331. The second-order valence-corrected chi connectivity index (χ2v) is 9.49. The number of sulfonamides is 1. The van der Waals surface area contributed by atoms with Crippen molar-refractivity contribution < 1.29 is 22.0 Å². The molecular formula is C23H24N4O5S. The molecule has 0 radical (unpaired) electrons. The zero-order valence-corrected chi connectivity index (χ0v) is 18.9. The molecule has 1 aliphatic rings. The number of amides is 1. The van der Waals surface area contributed by atoms with Crippen molar-refractivity contribution in [2.24, 2.45) is 5.10 Å². The number of rotatable bonds is 9. The maximum Gasteiger partial charge on any atom is 0.262 e. The van der Waals surface area contributed by atoms with Crippen LogP contribution in [0.5, 0.6) is 0 Å². The molecule has 0 bridgehead atoms. The van der Waals surface area contributed by atoms with Gasteiger partial charge in [0.25, 0.3) is 5.91 Å². The van der Waals surface area contributed by atoms with E-state index >= 15 is 0 Å². The molecule has 4 rings (SSSR count). The van der Waals surface area contributed by atoms with Gasteiger partial charge in [-0.3, -0.25) is 4.79 Å². The van der Waals surface area contributed by atoms with Crippen molar-refractivity contribution in [1.82, 2.24) is 9.31 Å². The Morgan fingerprint density at radius 3 is 2.58 bits per heavy atom. The minimum atomic E-state index is -3.60. The SMILES string of the molecule is C=CCN(C)S(=O)(=O)c1ccc(NCC(=O)N2N=C(c3ccco3)CC2c2ccco2)cc1. The van der Waals surface area contributed by atoms with Crippen LogP contribution in [0.15, 0.2) is 92.5 Å². The number of hydrogen-bond donors (Lipinski definition) is 1. The van der Waals surface area contributed by atoms with Gasteiger partial charge in [0.05, 0.1) is 24.0 Å². The molecule has 1 unspecified atom stereocenters. The van der Waals surface area contributed by atoms with E-state index < -0.39 is 10.0 Å². The molecule has 1 aliphatic heterocycles. The fourth-order valence-corrected chi connectivity index (χ4v) is 4.64. The lowest BCUT2D eigenvalue weighted by atomic mass is 10.1. The number of benzene rings is 1. The third-order valence-corrected chi connectivity index (χ3v) is 7.07. The highest BCUT2D eigenvalue weighted by atomic mass is 32.2. The summed E-state index contributed by atoms with van der Waals surface area (Å²) in [5.41, 5.74) is 1.27. The first-order valence-corrected chi connectivity index (χ1v) is 11.7. The van der Waals surface area contributed by atoms with Gasteiger partial charge >= 0.3 is 0 Å². The normalized spacial score (nSPS) is 16.1. The Kier molecular flexibility index (Phi) is 6.47. The molecule has 172 valence electrons. The Balaban J connectivity index is 1.45. The molecule has 1 N–H and O–H groups in total. The van der Waals surface area contributed by atoms with Crippen molar-refractivity contribution in [3.63, 3.8) is 0 Å². The van der Waals surface area contributed by atoms with Gasteiger partial charge in [-0.15, -0.1) is 6.58 Å². The maximum atomic E-state index is 13.0. The molecule has 10 heteroatoms. The van der Waals surface area contributed by atoms with Crippen LogP contribution in [0.1, 0.15) is 24.0 Å². The van der Waals surface area contributed by atoms with Crippen molar-refractivity contribution in [2.75, 3.05) is 25.5 Å². The molecule has 0 saturated carbocycles. The summed E-state index contributed by atoms with van der Waals surface area (Å²) >= 11 is 0. The molecule has 1 amide bonds. The molecule has 2 aromatic heterocycles. The fourth-order valence-electron chi connectivity index (χ4n) is 3.50. The standard InChI is InChI=1S/C23H24N4O5S/c1-3-12-26(2)33(29,30)18-10-8-17(9-11-18)24-16-23(28)27-20(22-7-5-14-32-22)15-19(25-27)21-6-4-13-31-21/h3-11,13-14,20,24H,1,12,15-16H2,2H3. The molecular weight excluding hydrogens is 444 g/mol. The lowest BCUT2D eigenvalue weighted by molar-refractivity contribution is -0.131. The van der Waals surface area contributed by atoms with Crippen molar-refractivity contribution in [1.29, 1.82) is 0 Å². The largest absolute Gasteiger partial charge is 0.467 e. The van der Waals surface area contributed by atoms with Gasteiger partial charge in [0.15, 0.2) is 0 Å². The Bertz CT molecular complexity index is 1230. The van der Waals surface area contributed by atoms with Crippen LogP contribution in [0.4, 0.5) is 5.69 Å². The maximum absolute atomic E-state index is 13.0. The van der Waals surface area contributed by atoms with E-state index in [0.29, 0.717) is 29.3 Å². The smallest absolute Gasteiger partial charge is 0.262 e. The van der Waals surface area contributed by atoms with Crippen LogP contribution in [0.3, 0.4) is 0 Å². The van der Waals surface area contributed by atoms with E-state index in [9.17, 15) is 13.2 Å². The predicted octanol–water partition coefficient (Wildman–Crippen LogP) is 3.47. The second-order valence-electron chi connectivity index (χ2n) is 7.45. The van der Waals surface area contributed by atoms with Crippen molar-refractivity contribution in [3.8, 4) is 0 Å². The first kappa shape index (κ1) is 22.6. The lowest BCUT2D eigenvalue weighted by Crippen LogP contribution is -2.32. The van der Waals surface area contributed by atoms with Crippen LogP contribution in [0.2, 0.25) is 0 Å². The van der Waals surface area contributed by atoms with Gasteiger partial charge in [-0.1, -0.05) is 6.08 Å². The average Bonchev–Trinajstić information content (AvgIpc) is 3.58. The van der Waals surface area contributed by atoms with Crippen LogP contribution < -0.4 is 5.32 Å². The van der Waals surface area contributed by atoms with E-state index in [0.717, 1.165) is 0 Å². The highest BCUT2D eigenvalue weighted by Crippen LogP contribution is 2.33. The Morgan fingerprint density at radius 1 is 1.21 bits per heavy atom. The number of carbonyl (C=O) groups excluding carboxylic acids is 1. The highest BCUT2D eigenvalue weighted by molar-refractivity contribution is 7.89. The molecule has 3 aromatic rings. The van der Waals surface area contributed by atoms with Crippen molar-refractivity contribution >= 4 is 27.3 Å². The van der Waals surface area contributed by atoms with Gasteiger partial charge in [0.1, 0.15) is 23.3 Å². The van der Waals surface area contributed by atoms with Crippen LogP contribution in [-0.2, 0) is 14.8 Å². The summed E-state index contributed by atoms with van der Waals surface area (Å²) in [5, 5.41) is 8.90. The van der Waals surface area contributed by atoms with Gasteiger partial charge in [-0.2, -0.15) is 9.41 Å². The summed E-state index contributed by atoms with van der Waals surface area (Å²) in [5.74, 6) is 0.972. The monoisotopic (exact) mass is 468 g/mol. The summed E-state index contributed by atoms with van der Waals surface area (Å²) in [6.07, 6.45) is 5.11. The van der Waals surface area contributed by atoms with Gasteiger partial charge < -0.3 is 14.2 Å². The number of nitrogens with zero attached hydrogens (tertiary/aromatic N) is 3. The number of likely N-dealkylation sites (N-methyl/N-ethyl adjacent to an activating group) is 1. The Labute approximate surface area is 192 Å².